The topological polar surface area (TPSA) is 42.2 Å². The fourth-order valence-electron chi connectivity index (χ4n) is 2.14. The summed E-state index contributed by atoms with van der Waals surface area (Å²) in [6.07, 6.45) is 4.20. The Hall–Kier alpha value is -2.29. The van der Waals surface area contributed by atoms with Crippen molar-refractivity contribution in [2.24, 2.45) is 0 Å². The fraction of sp³-hybridized carbons (Fsp3) is 0.278. The predicted octanol–water partition coefficient (Wildman–Crippen LogP) is 4.75. The second-order valence-electron chi connectivity index (χ2n) is 5.17. The number of hydrogen-bond donors (Lipinski definition) is 1. The van der Waals surface area contributed by atoms with E-state index in [-0.39, 0.29) is 5.91 Å². The van der Waals surface area contributed by atoms with Crippen LogP contribution in [0.15, 0.2) is 46.9 Å². The van der Waals surface area contributed by atoms with Gasteiger partial charge >= 0.3 is 0 Å². The largest absolute Gasteiger partial charge is 0.462 e. The molecule has 0 fully saturated rings. The number of aryl methyl sites for hydroxylation is 1. The van der Waals surface area contributed by atoms with E-state index in [4.69, 9.17) is 4.42 Å². The smallest absolute Gasteiger partial charge is 0.248 e. The van der Waals surface area contributed by atoms with E-state index < -0.39 is 0 Å². The molecule has 0 unspecified atom stereocenters. The summed E-state index contributed by atoms with van der Waals surface area (Å²) in [6, 6.07) is 11.6. The van der Waals surface area contributed by atoms with Crippen molar-refractivity contribution in [2.75, 3.05) is 5.32 Å². The average Bonchev–Trinajstić information content (AvgIpc) is 2.90. The molecule has 0 spiro atoms. The van der Waals surface area contributed by atoms with Crippen molar-refractivity contribution < 1.29 is 9.21 Å². The standard InChI is InChI=1S/C18H21NO2/c1-4-13(2)16-7-5-6-8-17(16)19-18(20)12-11-15-10-9-14(3)21-15/h5-13H,4H2,1-3H3,(H,19,20)/b12-11+/t13-/m0/s1. The number of furan rings is 1. The minimum atomic E-state index is -0.153. The van der Waals surface area contributed by atoms with Gasteiger partial charge in [-0.1, -0.05) is 32.0 Å². The maximum atomic E-state index is 12.0. The number of benzene rings is 1. The van der Waals surface area contributed by atoms with Gasteiger partial charge in [-0.05, 0) is 49.1 Å². The van der Waals surface area contributed by atoms with Crippen LogP contribution in [0.3, 0.4) is 0 Å². The molecule has 0 saturated heterocycles. The number of carbonyl (C=O) groups excluding carboxylic acids is 1. The fourth-order valence-corrected chi connectivity index (χ4v) is 2.14. The first-order valence-electron chi connectivity index (χ1n) is 7.24. The minimum absolute atomic E-state index is 0.153. The van der Waals surface area contributed by atoms with E-state index in [1.165, 1.54) is 6.08 Å². The Balaban J connectivity index is 2.08. The molecule has 1 aromatic carbocycles. The summed E-state index contributed by atoms with van der Waals surface area (Å²) in [7, 11) is 0. The lowest BCUT2D eigenvalue weighted by atomic mass is 9.97. The highest BCUT2D eigenvalue weighted by atomic mass is 16.3. The molecule has 1 heterocycles. The summed E-state index contributed by atoms with van der Waals surface area (Å²) >= 11 is 0. The van der Waals surface area contributed by atoms with Crippen LogP contribution in [0.4, 0.5) is 5.69 Å². The van der Waals surface area contributed by atoms with E-state index >= 15 is 0 Å². The number of para-hydroxylation sites is 1. The second-order valence-corrected chi connectivity index (χ2v) is 5.17. The molecule has 3 heteroatoms. The van der Waals surface area contributed by atoms with Crippen LogP contribution in [-0.2, 0) is 4.79 Å². The zero-order valence-corrected chi connectivity index (χ0v) is 12.7. The van der Waals surface area contributed by atoms with E-state index in [9.17, 15) is 4.79 Å². The highest BCUT2D eigenvalue weighted by Gasteiger charge is 2.09. The van der Waals surface area contributed by atoms with Gasteiger partial charge in [-0.3, -0.25) is 4.79 Å². The molecule has 2 aromatic rings. The molecule has 110 valence electrons. The average molecular weight is 283 g/mol. The molecular weight excluding hydrogens is 262 g/mol. The van der Waals surface area contributed by atoms with Crippen LogP contribution >= 0.6 is 0 Å². The number of hydrogen-bond acceptors (Lipinski definition) is 2. The van der Waals surface area contributed by atoms with E-state index in [0.29, 0.717) is 11.7 Å². The van der Waals surface area contributed by atoms with E-state index in [2.05, 4.69) is 25.2 Å². The molecule has 0 bridgehead atoms. The Labute approximate surface area is 125 Å². The molecule has 21 heavy (non-hydrogen) atoms. The van der Waals surface area contributed by atoms with Crippen molar-refractivity contribution in [1.82, 2.24) is 0 Å². The van der Waals surface area contributed by atoms with Gasteiger partial charge in [-0.2, -0.15) is 0 Å². The van der Waals surface area contributed by atoms with E-state index in [1.807, 2.05) is 37.3 Å². The van der Waals surface area contributed by atoms with Gasteiger partial charge in [0.15, 0.2) is 0 Å². The molecule has 1 aromatic heterocycles. The molecule has 2 rings (SSSR count). The summed E-state index contributed by atoms with van der Waals surface area (Å²) in [4.78, 5) is 12.0. The number of carbonyl (C=O) groups is 1. The first-order chi connectivity index (χ1) is 10.1. The van der Waals surface area contributed by atoms with Crippen LogP contribution in [0.1, 0.15) is 43.3 Å². The SMILES string of the molecule is CC[C@H](C)c1ccccc1NC(=O)/C=C/c1ccc(C)o1. The Kier molecular flexibility index (Phi) is 4.99. The number of amides is 1. The van der Waals surface area contributed by atoms with Crippen molar-refractivity contribution >= 4 is 17.7 Å². The first kappa shape index (κ1) is 15.1. The normalized spacial score (nSPS) is 12.5. The van der Waals surface area contributed by atoms with Crippen molar-refractivity contribution in [3.8, 4) is 0 Å². The lowest BCUT2D eigenvalue weighted by molar-refractivity contribution is -0.111. The van der Waals surface area contributed by atoms with Crippen molar-refractivity contribution in [2.45, 2.75) is 33.1 Å². The summed E-state index contributed by atoms with van der Waals surface area (Å²) in [5, 5.41) is 2.94. The third-order valence-corrected chi connectivity index (χ3v) is 3.52. The third-order valence-electron chi connectivity index (χ3n) is 3.52. The Morgan fingerprint density at radius 3 is 2.71 bits per heavy atom. The quantitative estimate of drug-likeness (QED) is 0.804. The number of rotatable bonds is 5. The molecule has 1 amide bonds. The lowest BCUT2D eigenvalue weighted by Crippen LogP contribution is -2.10. The summed E-state index contributed by atoms with van der Waals surface area (Å²) in [5.41, 5.74) is 2.03. The molecule has 3 nitrogen and oxygen atoms in total. The van der Waals surface area contributed by atoms with Crippen LogP contribution in [0, 0.1) is 6.92 Å². The van der Waals surface area contributed by atoms with Gasteiger partial charge in [0.25, 0.3) is 0 Å². The number of nitrogens with one attached hydrogen (secondary N) is 1. The molecule has 0 radical (unpaired) electrons. The van der Waals surface area contributed by atoms with Gasteiger partial charge in [-0.15, -0.1) is 0 Å². The third kappa shape index (κ3) is 4.09. The van der Waals surface area contributed by atoms with Crippen LogP contribution in [0.5, 0.6) is 0 Å². The Bertz CT molecular complexity index is 640. The van der Waals surface area contributed by atoms with Crippen LogP contribution in [-0.4, -0.2) is 5.91 Å². The van der Waals surface area contributed by atoms with E-state index in [1.54, 1.807) is 6.08 Å². The summed E-state index contributed by atoms with van der Waals surface area (Å²) in [6.45, 7) is 6.18. The van der Waals surface area contributed by atoms with Crippen LogP contribution in [0.2, 0.25) is 0 Å². The van der Waals surface area contributed by atoms with Crippen molar-refractivity contribution in [3.63, 3.8) is 0 Å². The number of anilines is 1. The maximum absolute atomic E-state index is 12.0. The minimum Gasteiger partial charge on any atom is -0.462 e. The van der Waals surface area contributed by atoms with Gasteiger partial charge in [-0.25, -0.2) is 0 Å². The Morgan fingerprint density at radius 2 is 2.05 bits per heavy atom. The lowest BCUT2D eigenvalue weighted by Gasteiger charge is -2.14. The maximum Gasteiger partial charge on any atom is 0.248 e. The molecule has 0 saturated carbocycles. The van der Waals surface area contributed by atoms with Gasteiger partial charge in [0.1, 0.15) is 11.5 Å². The molecule has 0 aliphatic rings. The predicted molar refractivity (Wildman–Crippen MR) is 86.3 cm³/mol. The molecule has 1 atom stereocenters. The second kappa shape index (κ2) is 6.93. The summed E-state index contributed by atoms with van der Waals surface area (Å²) in [5.74, 6) is 1.77. The molecule has 0 aliphatic heterocycles. The van der Waals surface area contributed by atoms with Gasteiger partial charge < -0.3 is 9.73 Å². The first-order valence-corrected chi connectivity index (χ1v) is 7.24. The van der Waals surface area contributed by atoms with Gasteiger partial charge in [0.2, 0.25) is 5.91 Å². The Morgan fingerprint density at radius 1 is 1.29 bits per heavy atom. The zero-order chi connectivity index (χ0) is 15.2. The monoisotopic (exact) mass is 283 g/mol. The molecule has 0 aliphatic carbocycles. The van der Waals surface area contributed by atoms with E-state index in [0.717, 1.165) is 23.4 Å². The highest BCUT2D eigenvalue weighted by molar-refractivity contribution is 6.02. The van der Waals surface area contributed by atoms with Gasteiger partial charge in [0.05, 0.1) is 0 Å². The zero-order valence-electron chi connectivity index (χ0n) is 12.7. The summed E-state index contributed by atoms with van der Waals surface area (Å²) < 4.78 is 5.40. The highest BCUT2D eigenvalue weighted by Crippen LogP contribution is 2.26. The molecular formula is C18H21NO2. The van der Waals surface area contributed by atoms with Crippen LogP contribution < -0.4 is 5.32 Å². The molecule has 1 N–H and O–H groups in total. The van der Waals surface area contributed by atoms with Crippen LogP contribution in [0.25, 0.3) is 6.08 Å². The van der Waals surface area contributed by atoms with Gasteiger partial charge in [0, 0.05) is 11.8 Å². The van der Waals surface area contributed by atoms with Crippen molar-refractivity contribution in [3.05, 3.63) is 59.6 Å². The van der Waals surface area contributed by atoms with Crippen molar-refractivity contribution in [1.29, 1.82) is 0 Å².